The van der Waals surface area contributed by atoms with Crippen LogP contribution in [0.2, 0.25) is 0 Å². The van der Waals surface area contributed by atoms with E-state index in [2.05, 4.69) is 0 Å². The fourth-order valence-electron chi connectivity index (χ4n) is 2.11. The lowest BCUT2D eigenvalue weighted by Gasteiger charge is -2.32. The maximum atomic E-state index is 11.2. The third kappa shape index (κ3) is 2.40. The van der Waals surface area contributed by atoms with Crippen molar-refractivity contribution in [3.63, 3.8) is 0 Å². The van der Waals surface area contributed by atoms with Gasteiger partial charge in [0.1, 0.15) is 19.1 Å². The number of nitrogens with one attached hydrogen (secondary N) is 1. The van der Waals surface area contributed by atoms with Gasteiger partial charge in [0.25, 0.3) is 0 Å². The van der Waals surface area contributed by atoms with E-state index >= 15 is 0 Å². The van der Waals surface area contributed by atoms with Crippen LogP contribution < -0.4 is 10.0 Å². The first-order chi connectivity index (χ1) is 7.79. The summed E-state index contributed by atoms with van der Waals surface area (Å²) in [7, 11) is 0. The Morgan fingerprint density at radius 3 is 2.44 bits per heavy atom. The molecule has 0 unspecified atom stereocenters. The van der Waals surface area contributed by atoms with Crippen molar-refractivity contribution >= 4 is 5.97 Å². The summed E-state index contributed by atoms with van der Waals surface area (Å²) in [6.07, 6.45) is 0. The minimum Gasteiger partial charge on any atom is -0.544 e. The first-order valence-corrected chi connectivity index (χ1v) is 5.47. The van der Waals surface area contributed by atoms with Crippen LogP contribution in [0.5, 0.6) is 0 Å². The quantitative estimate of drug-likeness (QED) is 0.668. The number of rotatable bonds is 3. The van der Waals surface area contributed by atoms with E-state index in [-0.39, 0.29) is 0 Å². The van der Waals surface area contributed by atoms with Crippen molar-refractivity contribution in [2.24, 2.45) is 0 Å². The lowest BCUT2D eigenvalue weighted by Crippen LogP contribution is -3.15. The van der Waals surface area contributed by atoms with Crippen molar-refractivity contribution in [2.45, 2.75) is 6.04 Å². The largest absolute Gasteiger partial charge is 0.544 e. The number of carbonyl (C=O) groups is 1. The van der Waals surface area contributed by atoms with Gasteiger partial charge in [-0.2, -0.15) is 0 Å². The lowest BCUT2D eigenvalue weighted by molar-refractivity contribution is -0.932. The molecule has 1 aliphatic heterocycles. The topological polar surface area (TPSA) is 53.8 Å². The standard InChI is InChI=1S/C12H15NO3/c14-12(15)11(10-4-2-1-3-5-10)13-6-8-16-9-7-13/h1-5,11H,6-9H2,(H,14,15)/t11-/m0/s1. The predicted octanol–water partition coefficient (Wildman–Crippen LogP) is -1.61. The molecule has 0 aliphatic carbocycles. The second-order valence-corrected chi connectivity index (χ2v) is 3.93. The molecule has 1 N–H and O–H groups in total. The van der Waals surface area contributed by atoms with Gasteiger partial charge >= 0.3 is 0 Å². The molecule has 1 aliphatic rings. The number of ether oxygens (including phenoxy) is 1. The monoisotopic (exact) mass is 221 g/mol. The second kappa shape index (κ2) is 5.09. The van der Waals surface area contributed by atoms with Crippen molar-refractivity contribution in [1.29, 1.82) is 0 Å². The molecule has 16 heavy (non-hydrogen) atoms. The van der Waals surface area contributed by atoms with Gasteiger partial charge in [0.2, 0.25) is 0 Å². The Morgan fingerprint density at radius 2 is 1.88 bits per heavy atom. The van der Waals surface area contributed by atoms with E-state index < -0.39 is 12.0 Å². The van der Waals surface area contributed by atoms with Crippen LogP contribution in [0.25, 0.3) is 0 Å². The molecule has 1 fully saturated rings. The van der Waals surface area contributed by atoms with Gasteiger partial charge in [-0.25, -0.2) is 0 Å². The maximum absolute atomic E-state index is 11.2. The number of carbonyl (C=O) groups excluding carboxylic acids is 1. The Labute approximate surface area is 94.4 Å². The highest BCUT2D eigenvalue weighted by Crippen LogP contribution is 2.08. The van der Waals surface area contributed by atoms with Crippen LogP contribution in [0.1, 0.15) is 11.6 Å². The molecular formula is C12H15NO3. The highest BCUT2D eigenvalue weighted by atomic mass is 16.5. The van der Waals surface area contributed by atoms with Gasteiger partial charge in [0, 0.05) is 5.56 Å². The maximum Gasteiger partial charge on any atom is 0.153 e. The number of benzene rings is 1. The van der Waals surface area contributed by atoms with Crippen LogP contribution in [0.15, 0.2) is 30.3 Å². The van der Waals surface area contributed by atoms with E-state index in [0.717, 1.165) is 10.5 Å². The predicted molar refractivity (Wildman–Crippen MR) is 55.7 cm³/mol. The molecule has 4 heteroatoms. The normalized spacial score (nSPS) is 19.2. The fourth-order valence-corrected chi connectivity index (χ4v) is 2.11. The van der Waals surface area contributed by atoms with Crippen molar-refractivity contribution in [3.8, 4) is 0 Å². The van der Waals surface area contributed by atoms with E-state index in [9.17, 15) is 9.90 Å². The Hall–Kier alpha value is -1.39. The second-order valence-electron chi connectivity index (χ2n) is 3.93. The summed E-state index contributed by atoms with van der Waals surface area (Å²) >= 11 is 0. The van der Waals surface area contributed by atoms with E-state index in [1.165, 1.54) is 0 Å². The fraction of sp³-hybridized carbons (Fsp3) is 0.417. The van der Waals surface area contributed by atoms with Crippen LogP contribution in [0.3, 0.4) is 0 Å². The van der Waals surface area contributed by atoms with Gasteiger partial charge in [-0.1, -0.05) is 30.3 Å². The van der Waals surface area contributed by atoms with Crippen LogP contribution in [-0.4, -0.2) is 32.3 Å². The number of quaternary nitrogens is 1. The van der Waals surface area contributed by atoms with E-state index in [0.29, 0.717) is 26.3 Å². The third-order valence-corrected chi connectivity index (χ3v) is 2.91. The van der Waals surface area contributed by atoms with E-state index in [4.69, 9.17) is 4.74 Å². The Kier molecular flexibility index (Phi) is 3.54. The molecule has 1 aromatic rings. The first kappa shape index (κ1) is 11.1. The van der Waals surface area contributed by atoms with Crippen LogP contribution in [-0.2, 0) is 9.53 Å². The Balaban J connectivity index is 2.20. The zero-order valence-electron chi connectivity index (χ0n) is 9.02. The zero-order chi connectivity index (χ0) is 11.4. The van der Waals surface area contributed by atoms with Crippen LogP contribution in [0.4, 0.5) is 0 Å². The molecule has 0 saturated carbocycles. The number of hydrogen-bond acceptors (Lipinski definition) is 3. The number of aliphatic carboxylic acids is 1. The Morgan fingerprint density at radius 1 is 1.25 bits per heavy atom. The molecule has 0 amide bonds. The van der Waals surface area contributed by atoms with Gasteiger partial charge in [0.05, 0.1) is 13.2 Å². The van der Waals surface area contributed by atoms with Crippen molar-refractivity contribution < 1.29 is 19.5 Å². The third-order valence-electron chi connectivity index (χ3n) is 2.91. The van der Waals surface area contributed by atoms with Crippen molar-refractivity contribution in [2.75, 3.05) is 26.3 Å². The summed E-state index contributed by atoms with van der Waals surface area (Å²) < 4.78 is 5.23. The first-order valence-electron chi connectivity index (χ1n) is 5.47. The van der Waals surface area contributed by atoms with Crippen molar-refractivity contribution in [3.05, 3.63) is 35.9 Å². The molecule has 4 nitrogen and oxygen atoms in total. The summed E-state index contributed by atoms with van der Waals surface area (Å²) in [6.45, 7) is 2.67. The summed E-state index contributed by atoms with van der Waals surface area (Å²) in [5.74, 6) is -1.01. The molecule has 1 atom stereocenters. The molecule has 0 bridgehead atoms. The lowest BCUT2D eigenvalue weighted by atomic mass is 10.1. The Bertz CT molecular complexity index is 347. The highest BCUT2D eigenvalue weighted by Gasteiger charge is 2.27. The summed E-state index contributed by atoms with van der Waals surface area (Å²) in [5, 5.41) is 11.2. The highest BCUT2D eigenvalue weighted by molar-refractivity contribution is 5.71. The average Bonchev–Trinajstić information content (AvgIpc) is 2.31. The number of carboxylic acids is 1. The molecule has 0 spiro atoms. The molecule has 0 radical (unpaired) electrons. The molecule has 86 valence electrons. The van der Waals surface area contributed by atoms with Gasteiger partial charge < -0.3 is 19.5 Å². The molecule has 2 rings (SSSR count). The van der Waals surface area contributed by atoms with Crippen LogP contribution in [0, 0.1) is 0 Å². The molecule has 1 aromatic carbocycles. The summed E-state index contributed by atoms with van der Waals surface area (Å²) in [6, 6.07) is 8.68. The molecule has 1 saturated heterocycles. The average molecular weight is 221 g/mol. The zero-order valence-corrected chi connectivity index (χ0v) is 9.02. The number of carboxylic acid groups (broad SMARTS) is 1. The van der Waals surface area contributed by atoms with E-state index in [1.807, 2.05) is 30.3 Å². The van der Waals surface area contributed by atoms with Crippen molar-refractivity contribution in [1.82, 2.24) is 0 Å². The van der Waals surface area contributed by atoms with Gasteiger partial charge in [-0.05, 0) is 0 Å². The van der Waals surface area contributed by atoms with Gasteiger partial charge in [-0.15, -0.1) is 0 Å². The molecular weight excluding hydrogens is 206 g/mol. The minimum atomic E-state index is -1.01. The van der Waals surface area contributed by atoms with E-state index in [1.54, 1.807) is 0 Å². The number of morpholine rings is 1. The smallest absolute Gasteiger partial charge is 0.153 e. The summed E-state index contributed by atoms with van der Waals surface area (Å²) in [4.78, 5) is 12.2. The SMILES string of the molecule is O=C([O-])[C@H](c1ccccc1)[NH+]1CCOCC1. The van der Waals surface area contributed by atoms with Gasteiger partial charge in [0.15, 0.2) is 6.04 Å². The number of hydrogen-bond donors (Lipinski definition) is 1. The van der Waals surface area contributed by atoms with Gasteiger partial charge in [-0.3, -0.25) is 0 Å². The minimum absolute atomic E-state index is 0.579. The molecule has 0 aromatic heterocycles. The molecule has 1 heterocycles. The summed E-state index contributed by atoms with van der Waals surface area (Å²) in [5.41, 5.74) is 0.805. The van der Waals surface area contributed by atoms with Crippen LogP contribution >= 0.6 is 0 Å².